The summed E-state index contributed by atoms with van der Waals surface area (Å²) < 4.78 is 5.20. The first-order chi connectivity index (χ1) is 14.2. The number of rotatable bonds is 7. The van der Waals surface area contributed by atoms with E-state index in [1.165, 1.54) is 5.56 Å². The average Bonchev–Trinajstić information content (AvgIpc) is 2.74. The SMILES string of the molecule is COc1ccc(CCNc2nc(C)cc(Nc3cccc4cccnc34)n2)cc1. The third-order valence-electron chi connectivity index (χ3n) is 4.61. The molecule has 0 radical (unpaired) electrons. The summed E-state index contributed by atoms with van der Waals surface area (Å²) in [6.07, 6.45) is 2.67. The normalized spacial score (nSPS) is 10.7. The molecular weight excluding hydrogens is 362 g/mol. The minimum absolute atomic E-state index is 0.606. The van der Waals surface area contributed by atoms with Crippen LogP contribution < -0.4 is 15.4 Å². The molecule has 0 aliphatic carbocycles. The summed E-state index contributed by atoms with van der Waals surface area (Å²) in [5.41, 5.74) is 3.96. The summed E-state index contributed by atoms with van der Waals surface area (Å²) in [6, 6.07) is 20.0. The molecule has 0 saturated heterocycles. The van der Waals surface area contributed by atoms with Gasteiger partial charge in [0, 0.05) is 29.9 Å². The first kappa shape index (κ1) is 18.7. The van der Waals surface area contributed by atoms with Crippen LogP contribution >= 0.6 is 0 Å². The second-order valence-corrected chi connectivity index (χ2v) is 6.75. The van der Waals surface area contributed by atoms with Gasteiger partial charge in [-0.05, 0) is 43.2 Å². The predicted octanol–water partition coefficient (Wildman–Crippen LogP) is 4.74. The van der Waals surface area contributed by atoms with Crippen molar-refractivity contribution in [2.75, 3.05) is 24.3 Å². The summed E-state index contributed by atoms with van der Waals surface area (Å²) in [7, 11) is 1.67. The van der Waals surface area contributed by atoms with Gasteiger partial charge in [-0.15, -0.1) is 0 Å². The number of pyridine rings is 1. The van der Waals surface area contributed by atoms with E-state index in [9.17, 15) is 0 Å². The first-order valence-electron chi connectivity index (χ1n) is 9.54. The lowest BCUT2D eigenvalue weighted by atomic mass is 10.1. The molecule has 0 aliphatic rings. The number of benzene rings is 2. The highest BCUT2D eigenvalue weighted by Gasteiger charge is 2.06. The lowest BCUT2D eigenvalue weighted by molar-refractivity contribution is 0.414. The Morgan fingerprint density at radius 3 is 2.62 bits per heavy atom. The van der Waals surface area contributed by atoms with Gasteiger partial charge in [0.2, 0.25) is 5.95 Å². The lowest BCUT2D eigenvalue weighted by Crippen LogP contribution is -2.09. The molecule has 0 amide bonds. The maximum Gasteiger partial charge on any atom is 0.224 e. The molecule has 2 N–H and O–H groups in total. The van der Waals surface area contributed by atoms with Gasteiger partial charge in [-0.3, -0.25) is 4.98 Å². The Bertz CT molecular complexity index is 1110. The average molecular weight is 385 g/mol. The van der Waals surface area contributed by atoms with Gasteiger partial charge in [0.1, 0.15) is 11.6 Å². The molecule has 4 aromatic rings. The van der Waals surface area contributed by atoms with Gasteiger partial charge in [0.15, 0.2) is 0 Å². The van der Waals surface area contributed by atoms with E-state index in [4.69, 9.17) is 4.74 Å². The van der Waals surface area contributed by atoms with Gasteiger partial charge in [-0.25, -0.2) is 4.98 Å². The highest BCUT2D eigenvalue weighted by Crippen LogP contribution is 2.24. The third kappa shape index (κ3) is 4.60. The fourth-order valence-corrected chi connectivity index (χ4v) is 3.17. The molecular formula is C23H23N5O. The van der Waals surface area contributed by atoms with Crippen molar-refractivity contribution in [3.63, 3.8) is 0 Å². The largest absolute Gasteiger partial charge is 0.497 e. The van der Waals surface area contributed by atoms with Crippen molar-refractivity contribution in [1.82, 2.24) is 15.0 Å². The number of fused-ring (bicyclic) bond motifs is 1. The number of aromatic nitrogens is 3. The van der Waals surface area contributed by atoms with Crippen LogP contribution in [0.4, 0.5) is 17.5 Å². The molecule has 6 nitrogen and oxygen atoms in total. The van der Waals surface area contributed by atoms with Crippen molar-refractivity contribution < 1.29 is 4.74 Å². The molecule has 0 atom stereocenters. The fourth-order valence-electron chi connectivity index (χ4n) is 3.17. The highest BCUT2D eigenvalue weighted by molar-refractivity contribution is 5.91. The molecule has 4 rings (SSSR count). The van der Waals surface area contributed by atoms with Crippen molar-refractivity contribution in [2.24, 2.45) is 0 Å². The van der Waals surface area contributed by atoms with Crippen LogP contribution in [0.25, 0.3) is 10.9 Å². The van der Waals surface area contributed by atoms with Crippen molar-refractivity contribution in [2.45, 2.75) is 13.3 Å². The van der Waals surface area contributed by atoms with E-state index in [0.29, 0.717) is 5.95 Å². The van der Waals surface area contributed by atoms with E-state index in [0.717, 1.165) is 46.8 Å². The van der Waals surface area contributed by atoms with E-state index in [-0.39, 0.29) is 0 Å². The first-order valence-corrected chi connectivity index (χ1v) is 9.54. The molecule has 0 unspecified atom stereocenters. The Morgan fingerprint density at radius 1 is 0.966 bits per heavy atom. The van der Waals surface area contributed by atoms with E-state index < -0.39 is 0 Å². The molecule has 0 bridgehead atoms. The molecule has 0 saturated carbocycles. The third-order valence-corrected chi connectivity index (χ3v) is 4.61. The number of hydrogen-bond donors (Lipinski definition) is 2. The van der Waals surface area contributed by atoms with E-state index >= 15 is 0 Å². The second-order valence-electron chi connectivity index (χ2n) is 6.75. The van der Waals surface area contributed by atoms with Crippen LogP contribution in [0.5, 0.6) is 5.75 Å². The van der Waals surface area contributed by atoms with Crippen molar-refractivity contribution in [3.8, 4) is 5.75 Å². The standard InChI is InChI=1S/C23H23N5O/c1-16-15-21(27-20-7-3-5-18-6-4-13-24-22(18)20)28-23(26-16)25-14-12-17-8-10-19(29-2)11-9-17/h3-11,13,15H,12,14H2,1-2H3,(H2,25,26,27,28). The Hall–Kier alpha value is -3.67. The number of nitrogens with zero attached hydrogens (tertiary/aromatic N) is 3. The Morgan fingerprint density at radius 2 is 1.79 bits per heavy atom. The van der Waals surface area contributed by atoms with Crippen LogP contribution in [-0.4, -0.2) is 28.6 Å². The molecule has 29 heavy (non-hydrogen) atoms. The smallest absolute Gasteiger partial charge is 0.224 e. The number of nitrogens with one attached hydrogen (secondary N) is 2. The number of ether oxygens (including phenoxy) is 1. The summed E-state index contributed by atoms with van der Waals surface area (Å²) in [5.74, 6) is 2.21. The summed E-state index contributed by atoms with van der Waals surface area (Å²) in [4.78, 5) is 13.6. The van der Waals surface area contributed by atoms with Crippen LogP contribution in [-0.2, 0) is 6.42 Å². The van der Waals surface area contributed by atoms with E-state index in [1.807, 2.05) is 55.5 Å². The quantitative estimate of drug-likeness (QED) is 0.479. The van der Waals surface area contributed by atoms with Crippen molar-refractivity contribution >= 4 is 28.4 Å². The van der Waals surface area contributed by atoms with Gasteiger partial charge >= 0.3 is 0 Å². The monoisotopic (exact) mass is 385 g/mol. The molecule has 2 heterocycles. The molecule has 6 heteroatoms. The molecule has 2 aromatic heterocycles. The van der Waals surface area contributed by atoms with E-state index in [2.05, 4.69) is 37.7 Å². The molecule has 146 valence electrons. The van der Waals surface area contributed by atoms with Crippen LogP contribution in [0, 0.1) is 6.92 Å². The zero-order valence-corrected chi connectivity index (χ0v) is 16.5. The number of para-hydroxylation sites is 1. The number of aryl methyl sites for hydroxylation is 1. The van der Waals surface area contributed by atoms with Crippen LogP contribution in [0.3, 0.4) is 0 Å². The Balaban J connectivity index is 1.45. The minimum atomic E-state index is 0.606. The molecule has 2 aromatic carbocycles. The van der Waals surface area contributed by atoms with Crippen LogP contribution in [0.2, 0.25) is 0 Å². The van der Waals surface area contributed by atoms with Crippen LogP contribution in [0.1, 0.15) is 11.3 Å². The van der Waals surface area contributed by atoms with Gasteiger partial charge < -0.3 is 15.4 Å². The number of hydrogen-bond acceptors (Lipinski definition) is 6. The zero-order valence-electron chi connectivity index (χ0n) is 16.5. The fraction of sp³-hybridized carbons (Fsp3) is 0.174. The Labute approximate surface area is 170 Å². The molecule has 0 aliphatic heterocycles. The maximum absolute atomic E-state index is 5.20. The predicted molar refractivity (Wildman–Crippen MR) is 117 cm³/mol. The number of methoxy groups -OCH3 is 1. The van der Waals surface area contributed by atoms with Crippen LogP contribution in [0.15, 0.2) is 66.9 Å². The number of anilines is 3. The van der Waals surface area contributed by atoms with Crippen molar-refractivity contribution in [3.05, 3.63) is 78.1 Å². The zero-order chi connectivity index (χ0) is 20.1. The minimum Gasteiger partial charge on any atom is -0.497 e. The molecule has 0 spiro atoms. The van der Waals surface area contributed by atoms with Gasteiger partial charge in [-0.1, -0.05) is 30.3 Å². The summed E-state index contributed by atoms with van der Waals surface area (Å²) >= 11 is 0. The van der Waals surface area contributed by atoms with Gasteiger partial charge in [0.25, 0.3) is 0 Å². The van der Waals surface area contributed by atoms with Gasteiger partial charge in [-0.2, -0.15) is 4.98 Å². The topological polar surface area (TPSA) is 72.0 Å². The van der Waals surface area contributed by atoms with E-state index in [1.54, 1.807) is 13.3 Å². The summed E-state index contributed by atoms with van der Waals surface area (Å²) in [6.45, 7) is 2.70. The highest BCUT2D eigenvalue weighted by atomic mass is 16.5. The molecule has 0 fully saturated rings. The second kappa shape index (κ2) is 8.56. The Kier molecular flexibility index (Phi) is 5.52. The summed E-state index contributed by atoms with van der Waals surface area (Å²) in [5, 5.41) is 7.78. The maximum atomic E-state index is 5.20. The lowest BCUT2D eigenvalue weighted by Gasteiger charge is -2.11. The van der Waals surface area contributed by atoms with Crippen molar-refractivity contribution in [1.29, 1.82) is 0 Å². The van der Waals surface area contributed by atoms with Gasteiger partial charge in [0.05, 0.1) is 18.3 Å².